The van der Waals surface area contributed by atoms with Crippen molar-refractivity contribution in [3.8, 4) is 0 Å². The smallest absolute Gasteiger partial charge is 0.0588 e. The van der Waals surface area contributed by atoms with Gasteiger partial charge in [0, 0.05) is 41.8 Å². The zero-order chi connectivity index (χ0) is 14.1. The third kappa shape index (κ3) is 2.54. The Hall–Kier alpha value is -0.770. The van der Waals surface area contributed by atoms with E-state index in [1.807, 2.05) is 12.1 Å². The van der Waals surface area contributed by atoms with Gasteiger partial charge in [-0.2, -0.15) is 0 Å². The van der Waals surface area contributed by atoms with Crippen LogP contribution < -0.4 is 10.2 Å². The van der Waals surface area contributed by atoms with Gasteiger partial charge in [-0.3, -0.25) is 0 Å². The van der Waals surface area contributed by atoms with Crippen molar-refractivity contribution in [2.45, 2.75) is 32.4 Å². The van der Waals surface area contributed by atoms with Gasteiger partial charge in [-0.05, 0) is 37.4 Å². The summed E-state index contributed by atoms with van der Waals surface area (Å²) in [6, 6.07) is 6.15. The van der Waals surface area contributed by atoms with Gasteiger partial charge in [0.2, 0.25) is 0 Å². The van der Waals surface area contributed by atoms with Crippen LogP contribution in [-0.2, 0) is 6.54 Å². The van der Waals surface area contributed by atoms with Gasteiger partial charge < -0.3 is 15.3 Å². The van der Waals surface area contributed by atoms with Gasteiger partial charge in [0.15, 0.2) is 0 Å². The molecule has 20 heavy (non-hydrogen) atoms. The maximum Gasteiger partial charge on any atom is 0.0588 e. The average Bonchev–Trinajstić information content (AvgIpc) is 3.00. The van der Waals surface area contributed by atoms with Gasteiger partial charge in [-0.1, -0.05) is 24.6 Å². The van der Waals surface area contributed by atoms with E-state index in [4.69, 9.17) is 11.6 Å². The van der Waals surface area contributed by atoms with Crippen molar-refractivity contribution in [3.05, 3.63) is 28.8 Å². The second kappa shape index (κ2) is 5.92. The number of aliphatic hydroxyl groups excluding tert-OH is 1. The van der Waals surface area contributed by atoms with E-state index in [0.717, 1.165) is 44.0 Å². The van der Waals surface area contributed by atoms with Crippen molar-refractivity contribution in [1.82, 2.24) is 5.32 Å². The Balaban J connectivity index is 1.82. The van der Waals surface area contributed by atoms with Gasteiger partial charge in [0.1, 0.15) is 0 Å². The molecule has 1 saturated heterocycles. The molecule has 3 rings (SSSR count). The van der Waals surface area contributed by atoms with E-state index < -0.39 is 0 Å². The van der Waals surface area contributed by atoms with Gasteiger partial charge in [0.05, 0.1) is 6.10 Å². The van der Waals surface area contributed by atoms with Crippen LogP contribution in [0.4, 0.5) is 5.69 Å². The van der Waals surface area contributed by atoms with E-state index in [-0.39, 0.29) is 6.10 Å². The molecule has 3 nitrogen and oxygen atoms in total. The Kier molecular flexibility index (Phi) is 4.20. The van der Waals surface area contributed by atoms with E-state index in [1.165, 1.54) is 11.3 Å². The van der Waals surface area contributed by atoms with Crippen molar-refractivity contribution in [3.63, 3.8) is 0 Å². The standard InChI is InChI=1S/C16H23ClN2O/c1-2-18-8-12-14(17)4-3-5-15(12)19-9-11-6-7-16(20)13(11)10-19/h3-5,11,13,16,18,20H,2,6-10H2,1H3. The van der Waals surface area contributed by atoms with E-state index in [9.17, 15) is 5.11 Å². The van der Waals surface area contributed by atoms with Crippen LogP contribution in [0.1, 0.15) is 25.3 Å². The first kappa shape index (κ1) is 14.2. The normalized spacial score (nSPS) is 28.9. The first-order chi connectivity index (χ1) is 9.70. The van der Waals surface area contributed by atoms with Crippen molar-refractivity contribution < 1.29 is 5.11 Å². The Labute approximate surface area is 125 Å². The van der Waals surface area contributed by atoms with Crippen LogP contribution in [0.25, 0.3) is 0 Å². The molecule has 1 heterocycles. The highest BCUT2D eigenvalue weighted by atomic mass is 35.5. The van der Waals surface area contributed by atoms with Crippen LogP contribution in [0.3, 0.4) is 0 Å². The lowest BCUT2D eigenvalue weighted by molar-refractivity contribution is 0.133. The molecule has 3 atom stereocenters. The Morgan fingerprint density at radius 2 is 2.20 bits per heavy atom. The maximum atomic E-state index is 10.1. The summed E-state index contributed by atoms with van der Waals surface area (Å²) in [5.41, 5.74) is 2.42. The molecule has 2 fully saturated rings. The molecule has 4 heteroatoms. The maximum absolute atomic E-state index is 10.1. The Bertz CT molecular complexity index is 480. The number of benzene rings is 1. The molecule has 2 N–H and O–H groups in total. The largest absolute Gasteiger partial charge is 0.393 e. The summed E-state index contributed by atoms with van der Waals surface area (Å²) in [5.74, 6) is 1.09. The minimum absolute atomic E-state index is 0.110. The first-order valence-electron chi connectivity index (χ1n) is 7.61. The third-order valence-corrected chi connectivity index (χ3v) is 5.16. The van der Waals surface area contributed by atoms with E-state index >= 15 is 0 Å². The molecule has 2 aliphatic rings. The molecule has 1 aromatic carbocycles. The van der Waals surface area contributed by atoms with Gasteiger partial charge >= 0.3 is 0 Å². The lowest BCUT2D eigenvalue weighted by atomic mass is 10.00. The Morgan fingerprint density at radius 3 is 2.95 bits per heavy atom. The predicted molar refractivity (Wildman–Crippen MR) is 83.3 cm³/mol. The van der Waals surface area contributed by atoms with Crippen LogP contribution in [0.2, 0.25) is 5.02 Å². The molecule has 1 aliphatic heterocycles. The number of halogens is 1. The molecule has 0 aromatic heterocycles. The number of anilines is 1. The van der Waals surface area contributed by atoms with Gasteiger partial charge in [-0.25, -0.2) is 0 Å². The fourth-order valence-electron chi connectivity index (χ4n) is 3.70. The number of rotatable bonds is 4. The zero-order valence-electron chi connectivity index (χ0n) is 12.0. The number of nitrogens with one attached hydrogen (secondary N) is 1. The van der Waals surface area contributed by atoms with E-state index in [2.05, 4.69) is 23.2 Å². The summed E-state index contributed by atoms with van der Waals surface area (Å²) in [7, 11) is 0. The molecular weight excluding hydrogens is 272 g/mol. The van der Waals surface area contributed by atoms with Crippen LogP contribution in [0.15, 0.2) is 18.2 Å². The van der Waals surface area contributed by atoms with Crippen LogP contribution in [0, 0.1) is 11.8 Å². The molecule has 3 unspecified atom stereocenters. The summed E-state index contributed by atoms with van der Waals surface area (Å²) < 4.78 is 0. The second-order valence-corrected chi connectivity index (χ2v) is 6.40. The molecule has 0 radical (unpaired) electrons. The topological polar surface area (TPSA) is 35.5 Å². The van der Waals surface area contributed by atoms with Gasteiger partial charge in [0.25, 0.3) is 0 Å². The monoisotopic (exact) mass is 294 g/mol. The van der Waals surface area contributed by atoms with Gasteiger partial charge in [-0.15, -0.1) is 0 Å². The van der Waals surface area contributed by atoms with Crippen LogP contribution >= 0.6 is 11.6 Å². The molecular formula is C16H23ClN2O. The minimum atomic E-state index is -0.110. The molecule has 110 valence electrons. The minimum Gasteiger partial charge on any atom is -0.393 e. The Morgan fingerprint density at radius 1 is 1.35 bits per heavy atom. The van der Waals surface area contributed by atoms with Crippen molar-refractivity contribution in [1.29, 1.82) is 0 Å². The van der Waals surface area contributed by atoms with Crippen molar-refractivity contribution in [2.24, 2.45) is 11.8 Å². The highest BCUT2D eigenvalue weighted by molar-refractivity contribution is 6.31. The number of nitrogens with zero attached hydrogens (tertiary/aromatic N) is 1. The summed E-state index contributed by atoms with van der Waals surface area (Å²) in [5, 5.41) is 14.3. The fraction of sp³-hybridized carbons (Fsp3) is 0.625. The first-order valence-corrected chi connectivity index (χ1v) is 7.99. The number of fused-ring (bicyclic) bond motifs is 1. The second-order valence-electron chi connectivity index (χ2n) is 5.99. The number of hydrogen-bond donors (Lipinski definition) is 2. The lowest BCUT2D eigenvalue weighted by Crippen LogP contribution is -2.26. The highest BCUT2D eigenvalue weighted by Gasteiger charge is 2.42. The SMILES string of the molecule is CCNCc1c(Cl)cccc1N1CC2CCC(O)C2C1. The molecule has 0 amide bonds. The zero-order valence-corrected chi connectivity index (χ0v) is 12.7. The summed E-state index contributed by atoms with van der Waals surface area (Å²) in [6.45, 7) is 5.87. The fourth-order valence-corrected chi connectivity index (χ4v) is 3.94. The summed E-state index contributed by atoms with van der Waals surface area (Å²) in [6.07, 6.45) is 2.02. The number of aliphatic hydroxyl groups is 1. The molecule has 1 aliphatic carbocycles. The van der Waals surface area contributed by atoms with Crippen molar-refractivity contribution in [2.75, 3.05) is 24.5 Å². The molecule has 1 aromatic rings. The van der Waals surface area contributed by atoms with Crippen LogP contribution in [-0.4, -0.2) is 30.8 Å². The van der Waals surface area contributed by atoms with E-state index in [1.54, 1.807) is 0 Å². The van der Waals surface area contributed by atoms with Crippen molar-refractivity contribution >= 4 is 17.3 Å². The lowest BCUT2D eigenvalue weighted by Gasteiger charge is -2.24. The molecule has 1 saturated carbocycles. The predicted octanol–water partition coefficient (Wildman–Crippen LogP) is 2.66. The molecule has 0 bridgehead atoms. The average molecular weight is 295 g/mol. The molecule has 0 spiro atoms. The van der Waals surface area contributed by atoms with E-state index in [0.29, 0.717) is 11.8 Å². The summed E-state index contributed by atoms with van der Waals surface area (Å²) in [4.78, 5) is 2.41. The highest BCUT2D eigenvalue weighted by Crippen LogP contribution is 2.41. The van der Waals surface area contributed by atoms with Crippen LogP contribution in [0.5, 0.6) is 0 Å². The quantitative estimate of drug-likeness (QED) is 0.896. The third-order valence-electron chi connectivity index (χ3n) is 4.81. The summed E-state index contributed by atoms with van der Waals surface area (Å²) >= 11 is 6.38. The number of hydrogen-bond acceptors (Lipinski definition) is 3.